The number of carbonyl (C=O) groups is 1. The summed E-state index contributed by atoms with van der Waals surface area (Å²) >= 11 is 0. The van der Waals surface area contributed by atoms with Crippen LogP contribution in [0.2, 0.25) is 0 Å². The van der Waals surface area contributed by atoms with Gasteiger partial charge in [-0.1, -0.05) is 54.6 Å². The van der Waals surface area contributed by atoms with Crippen molar-refractivity contribution in [1.29, 1.82) is 0 Å². The maximum Gasteiger partial charge on any atom is 0.248 e. The molecule has 2 nitrogen and oxygen atoms in total. The van der Waals surface area contributed by atoms with Crippen LogP contribution in [-0.4, -0.2) is 5.91 Å². The number of hydrogen-bond donors (Lipinski definition) is 1. The van der Waals surface area contributed by atoms with Gasteiger partial charge >= 0.3 is 0 Å². The van der Waals surface area contributed by atoms with E-state index in [1.165, 1.54) is 10.9 Å². The number of carbonyl (C=O) groups excluding carboxylic acids is 1. The molecule has 0 saturated carbocycles. The van der Waals surface area contributed by atoms with Crippen LogP contribution in [0.5, 0.6) is 0 Å². The summed E-state index contributed by atoms with van der Waals surface area (Å²) in [7, 11) is 0. The van der Waals surface area contributed by atoms with Crippen molar-refractivity contribution in [3.05, 3.63) is 83.4 Å². The Morgan fingerprint density at radius 1 is 0.913 bits per heavy atom. The molecule has 0 atom stereocenters. The van der Waals surface area contributed by atoms with Crippen molar-refractivity contribution in [2.24, 2.45) is 0 Å². The van der Waals surface area contributed by atoms with Gasteiger partial charge in [-0.3, -0.25) is 4.79 Å². The van der Waals surface area contributed by atoms with Gasteiger partial charge in [-0.15, -0.1) is 0 Å². The normalized spacial score (nSPS) is 11.0. The molecule has 0 spiro atoms. The average Bonchev–Trinajstić information content (AvgIpc) is 2.57. The molecule has 0 aliphatic rings. The van der Waals surface area contributed by atoms with Crippen molar-refractivity contribution in [2.45, 2.75) is 13.8 Å². The van der Waals surface area contributed by atoms with E-state index < -0.39 is 0 Å². The van der Waals surface area contributed by atoms with Gasteiger partial charge in [-0.2, -0.15) is 0 Å². The third-order valence-corrected chi connectivity index (χ3v) is 4.10. The lowest BCUT2D eigenvalue weighted by Crippen LogP contribution is -2.09. The van der Waals surface area contributed by atoms with E-state index in [4.69, 9.17) is 0 Å². The number of aryl methyl sites for hydroxylation is 1. The third kappa shape index (κ3) is 3.32. The lowest BCUT2D eigenvalue weighted by Gasteiger charge is -2.08. The zero-order valence-electron chi connectivity index (χ0n) is 13.3. The minimum absolute atomic E-state index is 0.119. The summed E-state index contributed by atoms with van der Waals surface area (Å²) in [6.45, 7) is 4.05. The molecule has 0 radical (unpaired) electrons. The molecular formula is C21H19NO. The van der Waals surface area contributed by atoms with Crippen LogP contribution >= 0.6 is 0 Å². The molecule has 0 saturated heterocycles. The van der Waals surface area contributed by atoms with Gasteiger partial charge in [0.05, 0.1) is 0 Å². The lowest BCUT2D eigenvalue weighted by atomic mass is 10.0. The van der Waals surface area contributed by atoms with Crippen molar-refractivity contribution in [1.82, 2.24) is 0 Å². The van der Waals surface area contributed by atoms with Crippen LogP contribution < -0.4 is 5.32 Å². The second-order valence-corrected chi connectivity index (χ2v) is 5.64. The van der Waals surface area contributed by atoms with Crippen LogP contribution in [-0.2, 0) is 4.79 Å². The summed E-state index contributed by atoms with van der Waals surface area (Å²) in [5, 5.41) is 5.26. The van der Waals surface area contributed by atoms with Gasteiger partial charge in [0.2, 0.25) is 5.91 Å². The Morgan fingerprint density at radius 3 is 2.52 bits per heavy atom. The van der Waals surface area contributed by atoms with Gasteiger partial charge in [0, 0.05) is 11.8 Å². The molecule has 0 aliphatic heterocycles. The summed E-state index contributed by atoms with van der Waals surface area (Å²) in [5.41, 5.74) is 4.16. The first-order valence-electron chi connectivity index (χ1n) is 7.68. The van der Waals surface area contributed by atoms with Crippen molar-refractivity contribution in [3.63, 3.8) is 0 Å². The maximum atomic E-state index is 12.2. The highest BCUT2D eigenvalue weighted by Gasteiger charge is 2.03. The Balaban J connectivity index is 1.82. The summed E-state index contributed by atoms with van der Waals surface area (Å²) in [4.78, 5) is 12.2. The highest BCUT2D eigenvalue weighted by molar-refractivity contribution is 6.04. The molecule has 3 aromatic carbocycles. The first-order chi connectivity index (χ1) is 11.1. The van der Waals surface area contributed by atoms with E-state index in [0.717, 1.165) is 22.2 Å². The topological polar surface area (TPSA) is 29.1 Å². The molecule has 2 heteroatoms. The number of anilines is 1. The van der Waals surface area contributed by atoms with Crippen LogP contribution in [0.15, 0.2) is 66.7 Å². The molecule has 3 rings (SSSR count). The highest BCUT2D eigenvalue weighted by atomic mass is 16.1. The van der Waals surface area contributed by atoms with Crippen LogP contribution in [0.3, 0.4) is 0 Å². The average molecular weight is 301 g/mol. The minimum Gasteiger partial charge on any atom is -0.322 e. The number of amides is 1. The fraction of sp³-hybridized carbons (Fsp3) is 0.0952. The van der Waals surface area contributed by atoms with Gasteiger partial charge in [0.15, 0.2) is 0 Å². The Bertz CT molecular complexity index is 888. The predicted octanol–water partition coefficient (Wildman–Crippen LogP) is 5.11. The second-order valence-electron chi connectivity index (χ2n) is 5.64. The molecular weight excluding hydrogens is 282 g/mol. The SMILES string of the molecule is Cc1cccc(NC(=O)C=Cc2cccc3ccccc23)c1C. The summed E-state index contributed by atoms with van der Waals surface area (Å²) < 4.78 is 0. The van der Waals surface area contributed by atoms with Gasteiger partial charge in [0.25, 0.3) is 0 Å². The second kappa shape index (κ2) is 6.49. The quantitative estimate of drug-likeness (QED) is 0.669. The molecule has 1 N–H and O–H groups in total. The van der Waals surface area contributed by atoms with Crippen molar-refractivity contribution < 1.29 is 4.79 Å². The standard InChI is InChI=1S/C21H19NO/c1-15-7-5-12-20(16(15)2)22-21(23)14-13-18-10-6-9-17-8-3-4-11-19(17)18/h3-14H,1-2H3,(H,22,23). The van der Waals surface area contributed by atoms with Crippen LogP contribution in [0.4, 0.5) is 5.69 Å². The number of rotatable bonds is 3. The molecule has 0 fully saturated rings. The summed E-state index contributed by atoms with van der Waals surface area (Å²) in [6, 6.07) is 20.2. The first kappa shape index (κ1) is 15.0. The van der Waals surface area contributed by atoms with Gasteiger partial charge in [-0.05, 0) is 53.5 Å². The van der Waals surface area contributed by atoms with Gasteiger partial charge < -0.3 is 5.32 Å². The summed E-state index contributed by atoms with van der Waals surface area (Å²) in [5.74, 6) is -0.119. The van der Waals surface area contributed by atoms with Crippen LogP contribution in [0, 0.1) is 13.8 Å². The van der Waals surface area contributed by atoms with Crippen molar-refractivity contribution >= 4 is 28.4 Å². The maximum absolute atomic E-state index is 12.2. The predicted molar refractivity (Wildman–Crippen MR) is 97.5 cm³/mol. The molecule has 114 valence electrons. The van der Waals surface area contributed by atoms with Gasteiger partial charge in [-0.25, -0.2) is 0 Å². The van der Waals surface area contributed by atoms with Gasteiger partial charge in [0.1, 0.15) is 0 Å². The van der Waals surface area contributed by atoms with Crippen LogP contribution in [0.1, 0.15) is 16.7 Å². The summed E-state index contributed by atoms with van der Waals surface area (Å²) in [6.07, 6.45) is 3.45. The number of nitrogens with one attached hydrogen (secondary N) is 1. The zero-order valence-corrected chi connectivity index (χ0v) is 13.3. The molecule has 23 heavy (non-hydrogen) atoms. The van der Waals surface area contributed by atoms with Crippen LogP contribution in [0.25, 0.3) is 16.8 Å². The minimum atomic E-state index is -0.119. The number of hydrogen-bond acceptors (Lipinski definition) is 1. The van der Waals surface area contributed by atoms with E-state index in [1.54, 1.807) is 6.08 Å². The highest BCUT2D eigenvalue weighted by Crippen LogP contribution is 2.20. The molecule has 0 aliphatic carbocycles. The Morgan fingerprint density at radius 2 is 1.65 bits per heavy atom. The van der Waals surface area contributed by atoms with E-state index in [2.05, 4.69) is 23.5 Å². The van der Waals surface area contributed by atoms with E-state index >= 15 is 0 Å². The first-order valence-corrected chi connectivity index (χ1v) is 7.68. The molecule has 0 unspecified atom stereocenters. The smallest absolute Gasteiger partial charge is 0.248 e. The molecule has 3 aromatic rings. The van der Waals surface area contributed by atoms with E-state index in [9.17, 15) is 4.79 Å². The van der Waals surface area contributed by atoms with E-state index in [1.807, 2.05) is 62.4 Å². The molecule has 0 heterocycles. The van der Waals surface area contributed by atoms with E-state index in [0.29, 0.717) is 0 Å². The lowest BCUT2D eigenvalue weighted by molar-refractivity contribution is -0.111. The fourth-order valence-corrected chi connectivity index (χ4v) is 2.62. The van der Waals surface area contributed by atoms with Crippen molar-refractivity contribution in [3.8, 4) is 0 Å². The number of benzene rings is 3. The largest absolute Gasteiger partial charge is 0.322 e. The molecule has 0 aromatic heterocycles. The number of fused-ring (bicyclic) bond motifs is 1. The van der Waals surface area contributed by atoms with Crippen molar-refractivity contribution in [2.75, 3.05) is 5.32 Å². The molecule has 1 amide bonds. The zero-order chi connectivity index (χ0) is 16.2. The van der Waals surface area contributed by atoms with E-state index in [-0.39, 0.29) is 5.91 Å². The Hall–Kier alpha value is -2.87. The third-order valence-electron chi connectivity index (χ3n) is 4.10. The fourth-order valence-electron chi connectivity index (χ4n) is 2.62. The Labute approximate surface area is 136 Å². The molecule has 0 bridgehead atoms. The Kier molecular flexibility index (Phi) is 4.24. The monoisotopic (exact) mass is 301 g/mol.